The molecule has 7 heteroatoms. The summed E-state index contributed by atoms with van der Waals surface area (Å²) in [6, 6.07) is 5.85. The first-order valence-electron chi connectivity index (χ1n) is 9.08. The molecule has 1 unspecified atom stereocenters. The molecule has 2 heterocycles. The second-order valence-electron chi connectivity index (χ2n) is 6.76. The summed E-state index contributed by atoms with van der Waals surface area (Å²) in [6.45, 7) is 3.56. The van der Waals surface area contributed by atoms with Crippen LogP contribution in [0.3, 0.4) is 0 Å². The number of fused-ring (bicyclic) bond motifs is 1. The summed E-state index contributed by atoms with van der Waals surface area (Å²) in [7, 11) is 1.31. The number of aromatic nitrogens is 1. The van der Waals surface area contributed by atoms with Gasteiger partial charge in [-0.2, -0.15) is 0 Å². The molecule has 0 saturated carbocycles. The number of aromatic amines is 1. The largest absolute Gasteiger partial charge is 0.464 e. The Hall–Kier alpha value is -2.05. The van der Waals surface area contributed by atoms with Crippen LogP contribution in [0.25, 0.3) is 10.9 Å². The second-order valence-corrected chi connectivity index (χ2v) is 7.17. The molecule has 0 spiro atoms. The highest BCUT2D eigenvalue weighted by Crippen LogP contribution is 2.33. The number of quaternary nitrogens is 1. The number of hydrogen-bond donors (Lipinski definition) is 3. The molecule has 0 radical (unpaired) electrons. The van der Waals surface area contributed by atoms with Crippen molar-refractivity contribution in [2.75, 3.05) is 25.5 Å². The van der Waals surface area contributed by atoms with Gasteiger partial charge in [0.2, 0.25) is 0 Å². The number of benzene rings is 1. The Kier molecular flexibility index (Phi) is 5.84. The smallest absolute Gasteiger partial charge is 0.356 e. The molecule has 1 aliphatic heterocycles. The monoisotopic (exact) mass is 378 g/mol. The molecule has 1 fully saturated rings. The summed E-state index contributed by atoms with van der Waals surface area (Å²) in [5.74, 6) is -0.657. The highest BCUT2D eigenvalue weighted by atomic mass is 35.5. The number of anilines is 1. The van der Waals surface area contributed by atoms with Crippen molar-refractivity contribution in [1.29, 1.82) is 0 Å². The topological polar surface area (TPSA) is 75.6 Å². The molecular formula is C19H25ClN3O3+. The van der Waals surface area contributed by atoms with Crippen LogP contribution in [0.5, 0.6) is 0 Å². The molecule has 1 amide bonds. The number of piperidine rings is 1. The summed E-state index contributed by atoms with van der Waals surface area (Å²) in [5.41, 5.74) is 1.29. The van der Waals surface area contributed by atoms with Crippen molar-refractivity contribution in [1.82, 2.24) is 4.98 Å². The molecule has 2 atom stereocenters. The van der Waals surface area contributed by atoms with Crippen molar-refractivity contribution in [2.24, 2.45) is 0 Å². The number of H-pyrrole nitrogens is 1. The molecule has 6 nitrogen and oxygen atoms in total. The van der Waals surface area contributed by atoms with Crippen molar-refractivity contribution in [3.8, 4) is 0 Å². The number of amides is 1. The van der Waals surface area contributed by atoms with Gasteiger partial charge in [0, 0.05) is 10.9 Å². The maximum atomic E-state index is 12.7. The number of carbonyl (C=O) groups is 2. The zero-order chi connectivity index (χ0) is 18.7. The highest BCUT2D eigenvalue weighted by Gasteiger charge is 2.28. The summed E-state index contributed by atoms with van der Waals surface area (Å²) in [6.07, 6.45) is 4.60. The predicted molar refractivity (Wildman–Crippen MR) is 102 cm³/mol. The third kappa shape index (κ3) is 3.71. The van der Waals surface area contributed by atoms with Crippen LogP contribution in [-0.2, 0) is 9.53 Å². The van der Waals surface area contributed by atoms with Gasteiger partial charge in [-0.15, -0.1) is 0 Å². The zero-order valence-corrected chi connectivity index (χ0v) is 15.9. The van der Waals surface area contributed by atoms with Gasteiger partial charge in [0.05, 0.1) is 30.4 Å². The standard InChI is InChI=1S/C19H24ClN3O3/c1-3-12-7-4-5-10-23(12)11-15(24)22-17-16-13(20)8-6-9-14(16)21-18(17)19(25)26-2/h6,8-9,12,21H,3-5,7,10-11H2,1-2H3,(H,22,24)/p+1/t12-/m0/s1. The third-order valence-corrected chi connectivity index (χ3v) is 5.50. The van der Waals surface area contributed by atoms with Gasteiger partial charge in [-0.1, -0.05) is 24.6 Å². The van der Waals surface area contributed by atoms with Crippen LogP contribution in [0.4, 0.5) is 5.69 Å². The SMILES string of the molecule is CC[C@H]1CCCC[NH+]1CC(=O)Nc1c(C(=O)OC)[nH]c2cccc(Cl)c12. The van der Waals surface area contributed by atoms with E-state index < -0.39 is 5.97 Å². The van der Waals surface area contributed by atoms with Gasteiger partial charge < -0.3 is 19.9 Å². The van der Waals surface area contributed by atoms with Gasteiger partial charge in [-0.05, 0) is 37.8 Å². The predicted octanol–water partition coefficient (Wildman–Crippen LogP) is 2.39. The van der Waals surface area contributed by atoms with Crippen molar-refractivity contribution in [3.63, 3.8) is 0 Å². The van der Waals surface area contributed by atoms with E-state index in [4.69, 9.17) is 16.3 Å². The van der Waals surface area contributed by atoms with E-state index in [9.17, 15) is 9.59 Å². The minimum absolute atomic E-state index is 0.119. The molecule has 3 rings (SSSR count). The third-order valence-electron chi connectivity index (χ3n) is 5.19. The lowest BCUT2D eigenvalue weighted by Gasteiger charge is -2.31. The summed E-state index contributed by atoms with van der Waals surface area (Å²) in [5, 5.41) is 4.01. The Labute approximate surface area is 157 Å². The Balaban J connectivity index is 1.87. The Bertz CT molecular complexity index is 818. The number of methoxy groups -OCH3 is 1. The Morgan fingerprint density at radius 1 is 1.38 bits per heavy atom. The van der Waals surface area contributed by atoms with E-state index in [2.05, 4.69) is 17.2 Å². The molecule has 3 N–H and O–H groups in total. The van der Waals surface area contributed by atoms with E-state index in [0.717, 1.165) is 25.8 Å². The molecule has 140 valence electrons. The first-order chi connectivity index (χ1) is 12.5. The molecule has 0 bridgehead atoms. The maximum Gasteiger partial charge on any atom is 0.356 e. The van der Waals surface area contributed by atoms with Crippen LogP contribution in [0.1, 0.15) is 43.1 Å². The second kappa shape index (κ2) is 8.10. The van der Waals surface area contributed by atoms with E-state index in [1.54, 1.807) is 12.1 Å². The van der Waals surface area contributed by atoms with Gasteiger partial charge in [0.25, 0.3) is 5.91 Å². The fraction of sp³-hybridized carbons (Fsp3) is 0.474. The molecule has 26 heavy (non-hydrogen) atoms. The lowest BCUT2D eigenvalue weighted by Crippen LogP contribution is -3.17. The van der Waals surface area contributed by atoms with Crippen LogP contribution in [-0.4, -0.2) is 43.1 Å². The quantitative estimate of drug-likeness (QED) is 0.699. The van der Waals surface area contributed by atoms with Crippen molar-refractivity contribution in [2.45, 2.75) is 38.6 Å². The summed E-state index contributed by atoms with van der Waals surface area (Å²) in [4.78, 5) is 29.2. The van der Waals surface area contributed by atoms with Crippen LogP contribution in [0.2, 0.25) is 5.02 Å². The minimum Gasteiger partial charge on any atom is -0.464 e. The first kappa shape index (κ1) is 18.7. The summed E-state index contributed by atoms with van der Waals surface area (Å²) < 4.78 is 4.84. The van der Waals surface area contributed by atoms with Crippen molar-refractivity contribution in [3.05, 3.63) is 28.9 Å². The number of nitrogens with one attached hydrogen (secondary N) is 3. The fourth-order valence-electron chi connectivity index (χ4n) is 3.85. The molecule has 0 aliphatic carbocycles. The number of carbonyl (C=O) groups excluding carboxylic acids is 2. The molecule has 2 aromatic rings. The van der Waals surface area contributed by atoms with E-state index in [1.807, 2.05) is 6.07 Å². The fourth-order valence-corrected chi connectivity index (χ4v) is 4.12. The van der Waals surface area contributed by atoms with Gasteiger partial charge >= 0.3 is 5.97 Å². The van der Waals surface area contributed by atoms with Gasteiger partial charge in [0.15, 0.2) is 6.54 Å². The van der Waals surface area contributed by atoms with E-state index in [0.29, 0.717) is 34.2 Å². The van der Waals surface area contributed by atoms with Crippen molar-refractivity contribution < 1.29 is 19.2 Å². The van der Waals surface area contributed by atoms with Gasteiger partial charge in [0.1, 0.15) is 5.69 Å². The average Bonchev–Trinajstić information content (AvgIpc) is 3.01. The number of hydrogen-bond acceptors (Lipinski definition) is 3. The highest BCUT2D eigenvalue weighted by molar-refractivity contribution is 6.37. The summed E-state index contributed by atoms with van der Waals surface area (Å²) >= 11 is 6.32. The molecular weight excluding hydrogens is 354 g/mol. The Morgan fingerprint density at radius 3 is 2.92 bits per heavy atom. The first-order valence-corrected chi connectivity index (χ1v) is 9.45. The molecule has 1 aromatic heterocycles. The minimum atomic E-state index is -0.538. The van der Waals surface area contributed by atoms with E-state index in [-0.39, 0.29) is 11.6 Å². The number of halogens is 1. The number of esters is 1. The number of likely N-dealkylation sites (tertiary alicyclic amines) is 1. The molecule has 1 aliphatic rings. The van der Waals surface area contributed by atoms with Gasteiger partial charge in [-0.25, -0.2) is 4.79 Å². The average molecular weight is 379 g/mol. The molecule has 1 aromatic carbocycles. The van der Waals surface area contributed by atoms with Crippen LogP contribution < -0.4 is 10.2 Å². The molecule has 1 saturated heterocycles. The number of ether oxygens (including phenoxy) is 1. The Morgan fingerprint density at radius 2 is 2.19 bits per heavy atom. The lowest BCUT2D eigenvalue weighted by atomic mass is 10.00. The van der Waals surface area contributed by atoms with Crippen LogP contribution in [0.15, 0.2) is 18.2 Å². The van der Waals surface area contributed by atoms with E-state index in [1.165, 1.54) is 18.4 Å². The van der Waals surface area contributed by atoms with Crippen molar-refractivity contribution >= 4 is 40.1 Å². The zero-order valence-electron chi connectivity index (χ0n) is 15.2. The van der Waals surface area contributed by atoms with Gasteiger partial charge in [-0.3, -0.25) is 4.79 Å². The maximum absolute atomic E-state index is 12.7. The van der Waals surface area contributed by atoms with Crippen LogP contribution >= 0.6 is 11.6 Å². The van der Waals surface area contributed by atoms with Crippen LogP contribution in [0, 0.1) is 0 Å². The van der Waals surface area contributed by atoms with E-state index >= 15 is 0 Å². The lowest BCUT2D eigenvalue weighted by molar-refractivity contribution is -0.923. The number of rotatable bonds is 5. The normalized spacial score (nSPS) is 20.1.